The maximum atomic E-state index is 14.8. The van der Waals surface area contributed by atoms with E-state index in [2.05, 4.69) is 15.5 Å². The van der Waals surface area contributed by atoms with Gasteiger partial charge in [-0.3, -0.25) is 19.3 Å². The summed E-state index contributed by atoms with van der Waals surface area (Å²) in [5, 5.41) is 8.52. The van der Waals surface area contributed by atoms with Gasteiger partial charge in [0.1, 0.15) is 11.0 Å². The quantitative estimate of drug-likeness (QED) is 0.333. The molecule has 4 aromatic rings. The van der Waals surface area contributed by atoms with Gasteiger partial charge in [0.05, 0.1) is 16.6 Å². The molecule has 4 aliphatic rings. The first kappa shape index (κ1) is 22.9. The number of Topliss-reactive ketones (excluding diaryl/α,β-unsaturated/α-hetero) is 1. The van der Waals surface area contributed by atoms with Crippen molar-refractivity contribution >= 4 is 51.3 Å². The van der Waals surface area contributed by atoms with Gasteiger partial charge in [0.2, 0.25) is 5.91 Å². The minimum Gasteiger partial charge on any atom is -0.325 e. The molecule has 2 saturated heterocycles. The summed E-state index contributed by atoms with van der Waals surface area (Å²) >= 11 is 6.62. The van der Waals surface area contributed by atoms with Crippen LogP contribution in [0.25, 0.3) is 10.8 Å². The van der Waals surface area contributed by atoms with Crippen molar-refractivity contribution in [1.82, 2.24) is 4.90 Å². The van der Waals surface area contributed by atoms with Crippen LogP contribution >= 0.6 is 11.6 Å². The van der Waals surface area contributed by atoms with E-state index in [0.29, 0.717) is 46.1 Å². The Morgan fingerprint density at radius 1 is 0.846 bits per heavy atom. The minimum atomic E-state index is -1.47. The predicted molar refractivity (Wildman–Crippen MR) is 150 cm³/mol. The summed E-state index contributed by atoms with van der Waals surface area (Å²) < 4.78 is 0. The second-order valence-corrected chi connectivity index (χ2v) is 11.3. The first-order chi connectivity index (χ1) is 19.0. The predicted octanol–water partition coefficient (Wildman–Crippen LogP) is 5.51. The van der Waals surface area contributed by atoms with Crippen molar-refractivity contribution in [2.75, 3.05) is 17.2 Å². The average Bonchev–Trinajstić information content (AvgIpc) is 3.67. The highest BCUT2D eigenvalue weighted by Gasteiger charge is 2.81. The van der Waals surface area contributed by atoms with Crippen LogP contribution in [-0.4, -0.2) is 35.1 Å². The summed E-state index contributed by atoms with van der Waals surface area (Å²) in [4.78, 5) is 45.9. The third kappa shape index (κ3) is 2.59. The number of halogens is 1. The van der Waals surface area contributed by atoms with Gasteiger partial charge in [0.15, 0.2) is 5.78 Å². The largest absolute Gasteiger partial charge is 0.325 e. The van der Waals surface area contributed by atoms with E-state index in [1.54, 1.807) is 6.07 Å². The van der Waals surface area contributed by atoms with Gasteiger partial charge < -0.3 is 10.6 Å². The van der Waals surface area contributed by atoms with Crippen LogP contribution in [0.5, 0.6) is 0 Å². The molecule has 0 unspecified atom stereocenters. The SMILES string of the molecule is O=C(c1ccc2ccccc2c1)[C@@H]1[C@@H]2CCCN2[C@@]2(C(=O)Nc3c(Cl)cccc32)[C@@]12C(=O)Nc1ccccc12. The van der Waals surface area contributed by atoms with Crippen LogP contribution in [0.4, 0.5) is 11.4 Å². The Balaban J connectivity index is 1.46. The molecule has 4 atom stereocenters. The van der Waals surface area contributed by atoms with E-state index in [4.69, 9.17) is 11.6 Å². The smallest absolute Gasteiger partial charge is 0.251 e. The van der Waals surface area contributed by atoms with Crippen LogP contribution in [0.15, 0.2) is 84.9 Å². The molecule has 0 saturated carbocycles. The Kier molecular flexibility index (Phi) is 4.57. The molecule has 0 aromatic heterocycles. The Labute approximate surface area is 230 Å². The number of amides is 2. The van der Waals surface area contributed by atoms with E-state index < -0.39 is 16.9 Å². The van der Waals surface area contributed by atoms with Gasteiger partial charge in [-0.1, -0.05) is 78.3 Å². The Bertz CT molecular complexity index is 1770. The van der Waals surface area contributed by atoms with Gasteiger partial charge >= 0.3 is 0 Å². The molecule has 2 fully saturated rings. The molecule has 0 aliphatic carbocycles. The summed E-state index contributed by atoms with van der Waals surface area (Å²) in [7, 11) is 0. The number of nitrogens with zero attached hydrogens (tertiary/aromatic N) is 1. The molecule has 39 heavy (non-hydrogen) atoms. The summed E-state index contributed by atoms with van der Waals surface area (Å²) in [5.41, 5.74) is 0.162. The molecular weight excluding hydrogens is 510 g/mol. The van der Waals surface area contributed by atoms with Crippen LogP contribution in [0, 0.1) is 5.92 Å². The second kappa shape index (κ2) is 7.78. The van der Waals surface area contributed by atoms with Gasteiger partial charge in [-0.15, -0.1) is 0 Å². The third-order valence-electron chi connectivity index (χ3n) is 9.40. The Hall–Kier alpha value is -4.00. The number of benzene rings is 4. The molecule has 2 spiro atoms. The minimum absolute atomic E-state index is 0.121. The normalized spacial score (nSPS) is 28.5. The van der Waals surface area contributed by atoms with E-state index in [1.165, 1.54) is 0 Å². The average molecular weight is 534 g/mol. The number of hydrogen-bond acceptors (Lipinski definition) is 4. The number of fused-ring (bicyclic) bond motifs is 8. The second-order valence-electron chi connectivity index (χ2n) is 10.9. The fourth-order valence-electron chi connectivity index (χ4n) is 8.09. The maximum absolute atomic E-state index is 14.8. The van der Waals surface area contributed by atoms with Crippen LogP contribution < -0.4 is 10.6 Å². The number of anilines is 2. The highest BCUT2D eigenvalue weighted by atomic mass is 35.5. The van der Waals surface area contributed by atoms with E-state index in [-0.39, 0.29) is 23.6 Å². The van der Waals surface area contributed by atoms with E-state index in [1.807, 2.05) is 78.9 Å². The van der Waals surface area contributed by atoms with Crippen molar-refractivity contribution in [3.63, 3.8) is 0 Å². The van der Waals surface area contributed by atoms with Crippen molar-refractivity contribution in [2.45, 2.75) is 29.8 Å². The first-order valence-corrected chi connectivity index (χ1v) is 13.7. The number of hydrogen-bond donors (Lipinski definition) is 2. The lowest BCUT2D eigenvalue weighted by Crippen LogP contribution is -2.62. The van der Waals surface area contributed by atoms with Crippen LogP contribution in [0.1, 0.15) is 34.3 Å². The summed E-state index contributed by atoms with van der Waals surface area (Å²) in [6.45, 7) is 0.600. The molecule has 4 heterocycles. The molecule has 4 aromatic carbocycles. The van der Waals surface area contributed by atoms with Gasteiger partial charge in [-0.2, -0.15) is 0 Å². The topological polar surface area (TPSA) is 78.5 Å². The number of rotatable bonds is 2. The zero-order valence-electron chi connectivity index (χ0n) is 20.9. The highest BCUT2D eigenvalue weighted by Crippen LogP contribution is 2.68. The third-order valence-corrected chi connectivity index (χ3v) is 9.71. The summed E-state index contributed by atoms with van der Waals surface area (Å²) in [5.74, 6) is -1.52. The summed E-state index contributed by atoms with van der Waals surface area (Å²) in [6.07, 6.45) is 1.54. The zero-order chi connectivity index (χ0) is 26.5. The molecule has 6 nitrogen and oxygen atoms in total. The molecular formula is C32H24ClN3O3. The van der Waals surface area contributed by atoms with Crippen molar-refractivity contribution in [1.29, 1.82) is 0 Å². The Morgan fingerprint density at radius 2 is 1.62 bits per heavy atom. The van der Waals surface area contributed by atoms with Crippen LogP contribution in [0.2, 0.25) is 5.02 Å². The molecule has 192 valence electrons. The zero-order valence-corrected chi connectivity index (χ0v) is 21.7. The van der Waals surface area contributed by atoms with Crippen molar-refractivity contribution in [3.05, 3.63) is 107 Å². The van der Waals surface area contributed by atoms with E-state index >= 15 is 0 Å². The lowest BCUT2D eigenvalue weighted by atomic mass is 9.57. The lowest BCUT2D eigenvalue weighted by Gasteiger charge is -2.43. The monoisotopic (exact) mass is 533 g/mol. The first-order valence-electron chi connectivity index (χ1n) is 13.3. The van der Waals surface area contributed by atoms with Crippen LogP contribution in [0.3, 0.4) is 0 Å². The molecule has 0 bridgehead atoms. The van der Waals surface area contributed by atoms with E-state index in [9.17, 15) is 14.4 Å². The molecule has 2 amide bonds. The molecule has 2 N–H and O–H groups in total. The van der Waals surface area contributed by atoms with Gasteiger partial charge in [-0.25, -0.2) is 0 Å². The van der Waals surface area contributed by atoms with Crippen molar-refractivity contribution in [2.24, 2.45) is 5.92 Å². The standard InChI is InChI=1S/C32H24ClN3O3/c33-23-11-5-10-22-27(23)35-30(39)32(22)31(21-9-3-4-12-24(21)34-29(31)38)26(25-13-6-16-36(25)32)28(37)20-15-14-18-7-1-2-8-19(18)17-20/h1-5,7-12,14-15,17,25-26H,6,13,16H2,(H,34,38)(H,35,39)/t25-,26-,31+,32-/m0/s1. The number of ketones is 1. The van der Waals surface area contributed by atoms with Gasteiger partial charge in [0, 0.05) is 22.9 Å². The number of para-hydroxylation sites is 2. The number of carbonyl (C=O) groups is 3. The van der Waals surface area contributed by atoms with Crippen molar-refractivity contribution < 1.29 is 14.4 Å². The number of nitrogens with one attached hydrogen (secondary N) is 2. The Morgan fingerprint density at radius 3 is 2.49 bits per heavy atom. The molecule has 4 aliphatic heterocycles. The molecule has 7 heteroatoms. The highest BCUT2D eigenvalue weighted by molar-refractivity contribution is 6.35. The maximum Gasteiger partial charge on any atom is 0.251 e. The fraction of sp³-hybridized carbons (Fsp3) is 0.219. The molecule has 0 radical (unpaired) electrons. The fourth-order valence-corrected chi connectivity index (χ4v) is 8.31. The van der Waals surface area contributed by atoms with Crippen LogP contribution in [-0.2, 0) is 20.5 Å². The lowest BCUT2D eigenvalue weighted by molar-refractivity contribution is -0.137. The van der Waals surface area contributed by atoms with E-state index in [0.717, 1.165) is 17.2 Å². The number of carbonyl (C=O) groups excluding carboxylic acids is 3. The van der Waals surface area contributed by atoms with Crippen molar-refractivity contribution in [3.8, 4) is 0 Å². The summed E-state index contributed by atoms with van der Waals surface area (Å²) in [6, 6.07) is 26.3. The van der Waals surface area contributed by atoms with Gasteiger partial charge in [0.25, 0.3) is 5.91 Å². The molecule has 8 rings (SSSR count). The van der Waals surface area contributed by atoms with Gasteiger partial charge in [-0.05, 0) is 53.9 Å².